The van der Waals surface area contributed by atoms with Gasteiger partial charge >= 0.3 is 0 Å². The molecule has 1 aromatic heterocycles. The Hall–Kier alpha value is -3.60. The first-order valence-corrected chi connectivity index (χ1v) is 11.0. The van der Waals surface area contributed by atoms with Crippen LogP contribution < -0.4 is 11.1 Å². The maximum atomic E-state index is 12.6. The van der Waals surface area contributed by atoms with Crippen molar-refractivity contribution in [2.45, 2.75) is 65.3 Å². The Balaban J connectivity index is 1.73. The molecule has 0 spiro atoms. The van der Waals surface area contributed by atoms with Gasteiger partial charge in [0.1, 0.15) is 23.1 Å². The molecule has 8 nitrogen and oxygen atoms in total. The van der Waals surface area contributed by atoms with Gasteiger partial charge in [-0.25, -0.2) is 4.68 Å². The lowest BCUT2D eigenvalue weighted by Crippen LogP contribution is -2.28. The Morgan fingerprint density at radius 3 is 2.52 bits per heavy atom. The monoisotopic (exact) mass is 448 g/mol. The summed E-state index contributed by atoms with van der Waals surface area (Å²) in [5.41, 5.74) is 8.60. The Kier molecular flexibility index (Phi) is 6.37. The van der Waals surface area contributed by atoms with Crippen LogP contribution in [0.3, 0.4) is 0 Å². The number of amides is 1. The number of hydrogen-bond donors (Lipinski definition) is 4. The van der Waals surface area contributed by atoms with Gasteiger partial charge in [-0.15, -0.1) is 0 Å². The number of anilines is 1. The van der Waals surface area contributed by atoms with E-state index in [2.05, 4.69) is 23.4 Å². The van der Waals surface area contributed by atoms with Crippen LogP contribution in [0.4, 0.5) is 5.82 Å². The topological polar surface area (TPSA) is 141 Å². The highest BCUT2D eigenvalue weighted by Gasteiger charge is 2.42. The molecule has 0 saturated heterocycles. The van der Waals surface area contributed by atoms with Crippen molar-refractivity contribution in [1.82, 2.24) is 15.1 Å². The van der Waals surface area contributed by atoms with E-state index in [-0.39, 0.29) is 28.5 Å². The Morgan fingerprint density at radius 1 is 1.39 bits per heavy atom. The van der Waals surface area contributed by atoms with Crippen molar-refractivity contribution < 1.29 is 9.90 Å². The Bertz CT molecular complexity index is 1140. The van der Waals surface area contributed by atoms with Crippen LogP contribution >= 0.6 is 0 Å². The second-order valence-electron chi connectivity index (χ2n) is 10.3. The number of rotatable bonds is 7. The molecule has 1 heterocycles. The average molecular weight is 449 g/mol. The normalized spacial score (nSPS) is 16.1. The molecule has 2 aromatic rings. The van der Waals surface area contributed by atoms with Crippen LogP contribution in [0.15, 0.2) is 36.2 Å². The predicted octanol–water partition coefficient (Wildman–Crippen LogP) is 4.59. The van der Waals surface area contributed by atoms with E-state index in [1.807, 2.05) is 32.9 Å². The number of aliphatic hydroxyl groups is 1. The van der Waals surface area contributed by atoms with Gasteiger partial charge in [-0.2, -0.15) is 10.4 Å². The zero-order valence-electron chi connectivity index (χ0n) is 19.9. The fourth-order valence-corrected chi connectivity index (χ4v) is 3.69. The number of carbonyl (C=O) groups excluding carboxylic acids is 1. The molecule has 0 aliphatic heterocycles. The zero-order valence-corrected chi connectivity index (χ0v) is 19.9. The van der Waals surface area contributed by atoms with Gasteiger partial charge in [-0.1, -0.05) is 45.0 Å². The molecule has 5 N–H and O–H groups in total. The van der Waals surface area contributed by atoms with E-state index < -0.39 is 5.92 Å². The molecule has 174 valence electrons. The van der Waals surface area contributed by atoms with Crippen LogP contribution in [-0.2, 0) is 10.3 Å². The van der Waals surface area contributed by atoms with Gasteiger partial charge in [-0.3, -0.25) is 10.1 Å². The molecule has 1 fully saturated rings. The number of carbonyl (C=O) groups is 1. The highest BCUT2D eigenvalue weighted by Crippen LogP contribution is 2.45. The molecule has 1 aromatic carbocycles. The summed E-state index contributed by atoms with van der Waals surface area (Å²) in [5, 5.41) is 34.7. The smallest absolute Gasteiger partial charge is 0.233 e. The van der Waals surface area contributed by atoms with Gasteiger partial charge in [0.25, 0.3) is 0 Å². The van der Waals surface area contributed by atoms with Crippen LogP contribution in [0.2, 0.25) is 0 Å². The zero-order chi connectivity index (χ0) is 24.6. The quantitative estimate of drug-likeness (QED) is 0.362. The minimum absolute atomic E-state index is 0.0881. The molecule has 1 saturated carbocycles. The summed E-state index contributed by atoms with van der Waals surface area (Å²) in [6, 6.07) is 9.40. The Morgan fingerprint density at radius 2 is 2.00 bits per heavy atom. The van der Waals surface area contributed by atoms with E-state index in [9.17, 15) is 15.2 Å². The van der Waals surface area contributed by atoms with Crippen molar-refractivity contribution in [3.05, 3.63) is 47.4 Å². The van der Waals surface area contributed by atoms with Crippen molar-refractivity contribution >= 4 is 17.4 Å². The maximum absolute atomic E-state index is 12.6. The third-order valence-electron chi connectivity index (χ3n) is 5.88. The highest BCUT2D eigenvalue weighted by atomic mass is 16.3. The number of nitrogens with one attached hydrogen (secondary N) is 2. The molecule has 1 amide bonds. The predicted molar refractivity (Wildman–Crippen MR) is 129 cm³/mol. The number of nitrogens with zero attached hydrogens (tertiary/aromatic N) is 3. The van der Waals surface area contributed by atoms with Crippen LogP contribution in [-0.4, -0.2) is 26.5 Å². The molecule has 1 aliphatic rings. The second-order valence-corrected chi connectivity index (χ2v) is 10.3. The third kappa shape index (κ3) is 5.43. The largest absolute Gasteiger partial charge is 0.494 e. The van der Waals surface area contributed by atoms with E-state index in [0.717, 1.165) is 24.0 Å². The summed E-state index contributed by atoms with van der Waals surface area (Å²) in [6.07, 6.45) is 3.70. The SMILES string of the molecule is CC(C(=O)N/C(O)=C/C(=N)CC(C)(C)C)c1ccc(-c2nn(C3(C)CC3)c(N)c2C#N)cc1. The average Bonchev–Trinajstić information content (AvgIpc) is 3.36. The fraction of sp³-hybridized carbons (Fsp3) is 0.440. The van der Waals surface area contributed by atoms with Crippen molar-refractivity contribution in [2.75, 3.05) is 5.73 Å². The van der Waals surface area contributed by atoms with Crippen molar-refractivity contribution in [2.24, 2.45) is 5.41 Å². The molecule has 1 unspecified atom stereocenters. The number of nitrogen functional groups attached to an aromatic ring is 1. The highest BCUT2D eigenvalue weighted by molar-refractivity contribution is 5.94. The molecule has 1 aliphatic carbocycles. The number of benzene rings is 1. The van der Waals surface area contributed by atoms with Crippen molar-refractivity contribution in [1.29, 1.82) is 10.7 Å². The van der Waals surface area contributed by atoms with Gasteiger partial charge in [-0.05, 0) is 44.1 Å². The molecule has 1 atom stereocenters. The summed E-state index contributed by atoms with van der Waals surface area (Å²) < 4.78 is 1.75. The van der Waals surface area contributed by atoms with Crippen molar-refractivity contribution in [3.8, 4) is 17.3 Å². The minimum Gasteiger partial charge on any atom is -0.494 e. The fourth-order valence-electron chi connectivity index (χ4n) is 3.69. The van der Waals surface area contributed by atoms with E-state index in [1.54, 1.807) is 23.7 Å². The summed E-state index contributed by atoms with van der Waals surface area (Å²) in [4.78, 5) is 12.6. The van der Waals surface area contributed by atoms with Gasteiger partial charge in [0.05, 0.1) is 11.5 Å². The standard InChI is InChI=1S/C25H32N6O2/c1-15(23(33)29-20(32)12-18(27)13-24(2,3)4)16-6-8-17(9-7-16)21-19(14-26)22(28)31(30-21)25(5)10-11-25/h6-9,12,15,27,32H,10-11,13,28H2,1-5H3,(H,29,33)/b20-12-,27-18?. The van der Waals surface area contributed by atoms with Crippen LogP contribution in [0.5, 0.6) is 0 Å². The number of aliphatic hydroxyl groups excluding tert-OH is 1. The first-order valence-electron chi connectivity index (χ1n) is 11.0. The summed E-state index contributed by atoms with van der Waals surface area (Å²) in [5.74, 6) is -0.877. The number of aromatic nitrogens is 2. The van der Waals surface area contributed by atoms with Gasteiger partial charge in [0.2, 0.25) is 5.91 Å². The second kappa shape index (κ2) is 8.74. The molecule has 8 heteroatoms. The molecule has 33 heavy (non-hydrogen) atoms. The van der Waals surface area contributed by atoms with Crippen molar-refractivity contribution in [3.63, 3.8) is 0 Å². The van der Waals surface area contributed by atoms with Crippen LogP contribution in [0, 0.1) is 22.2 Å². The molecule has 0 radical (unpaired) electrons. The van der Waals surface area contributed by atoms with E-state index in [4.69, 9.17) is 11.1 Å². The third-order valence-corrected chi connectivity index (χ3v) is 5.88. The lowest BCUT2D eigenvalue weighted by Gasteiger charge is -2.17. The van der Waals surface area contributed by atoms with Gasteiger partial charge in [0, 0.05) is 17.4 Å². The Labute approximate surface area is 194 Å². The molecule has 3 rings (SSSR count). The van der Waals surface area contributed by atoms with Crippen LogP contribution in [0.25, 0.3) is 11.3 Å². The number of nitriles is 1. The number of hydrogen-bond acceptors (Lipinski definition) is 6. The van der Waals surface area contributed by atoms with Gasteiger partial charge < -0.3 is 16.2 Å². The first-order chi connectivity index (χ1) is 15.3. The molecular weight excluding hydrogens is 416 g/mol. The summed E-state index contributed by atoms with van der Waals surface area (Å²) >= 11 is 0. The first kappa shape index (κ1) is 24.1. The minimum atomic E-state index is -0.533. The van der Waals surface area contributed by atoms with E-state index >= 15 is 0 Å². The number of allylic oxidation sites excluding steroid dienone is 1. The molecular formula is C25H32N6O2. The summed E-state index contributed by atoms with van der Waals surface area (Å²) in [6.45, 7) is 9.81. The maximum Gasteiger partial charge on any atom is 0.233 e. The lowest BCUT2D eigenvalue weighted by molar-refractivity contribution is -0.122. The molecule has 0 bridgehead atoms. The number of nitrogens with two attached hydrogens (primary N) is 1. The summed E-state index contributed by atoms with van der Waals surface area (Å²) in [7, 11) is 0. The van der Waals surface area contributed by atoms with E-state index in [1.165, 1.54) is 6.08 Å². The van der Waals surface area contributed by atoms with E-state index in [0.29, 0.717) is 23.5 Å². The van der Waals surface area contributed by atoms with Gasteiger partial charge in [0.15, 0.2) is 5.88 Å². The lowest BCUT2D eigenvalue weighted by atomic mass is 9.89. The van der Waals surface area contributed by atoms with Crippen LogP contribution in [0.1, 0.15) is 70.9 Å².